The van der Waals surface area contributed by atoms with Gasteiger partial charge in [0.15, 0.2) is 0 Å². The maximum absolute atomic E-state index is 12.3. The van der Waals surface area contributed by atoms with Gasteiger partial charge >= 0.3 is 6.18 Å². The quantitative estimate of drug-likeness (QED) is 0.910. The van der Waals surface area contributed by atoms with E-state index in [0.717, 1.165) is 5.69 Å². The average Bonchev–Trinajstić information content (AvgIpc) is 2.24. The standard InChI is InChI=1S/C13H20F3N3/c1-5-17-11-8-9(12(2,3)4)18-10(19-11)6-7-13(14,15)16/h8H,5-7H2,1-4H3,(H,17,18,19). The van der Waals surface area contributed by atoms with Gasteiger partial charge in [-0.25, -0.2) is 9.97 Å². The number of nitrogens with one attached hydrogen (secondary N) is 1. The molecule has 0 atom stereocenters. The number of halogens is 3. The molecule has 0 radical (unpaired) electrons. The Labute approximate surface area is 111 Å². The molecule has 19 heavy (non-hydrogen) atoms. The molecule has 0 unspecified atom stereocenters. The van der Waals surface area contributed by atoms with Gasteiger partial charge in [-0.2, -0.15) is 13.2 Å². The van der Waals surface area contributed by atoms with Crippen LogP contribution in [-0.4, -0.2) is 22.7 Å². The number of anilines is 1. The average molecular weight is 275 g/mol. The Bertz CT molecular complexity index is 422. The SMILES string of the molecule is CCNc1cc(C(C)(C)C)nc(CCC(F)(F)F)n1. The van der Waals surface area contributed by atoms with E-state index in [0.29, 0.717) is 12.4 Å². The van der Waals surface area contributed by atoms with Gasteiger partial charge < -0.3 is 5.32 Å². The summed E-state index contributed by atoms with van der Waals surface area (Å²) in [7, 11) is 0. The van der Waals surface area contributed by atoms with Crippen molar-refractivity contribution in [1.29, 1.82) is 0 Å². The lowest BCUT2D eigenvalue weighted by molar-refractivity contribution is -0.134. The van der Waals surface area contributed by atoms with Crippen molar-refractivity contribution in [2.24, 2.45) is 0 Å². The van der Waals surface area contributed by atoms with Gasteiger partial charge in [-0.05, 0) is 6.92 Å². The first kappa shape index (κ1) is 15.7. The van der Waals surface area contributed by atoms with Crippen LogP contribution in [0.4, 0.5) is 19.0 Å². The van der Waals surface area contributed by atoms with Gasteiger partial charge in [-0.1, -0.05) is 20.8 Å². The molecule has 1 aromatic heterocycles. The Hall–Kier alpha value is -1.33. The molecule has 0 aliphatic rings. The smallest absolute Gasteiger partial charge is 0.370 e. The zero-order chi connectivity index (χ0) is 14.7. The molecule has 3 nitrogen and oxygen atoms in total. The van der Waals surface area contributed by atoms with Gasteiger partial charge in [-0.15, -0.1) is 0 Å². The summed E-state index contributed by atoms with van der Waals surface area (Å²) < 4.78 is 36.8. The van der Waals surface area contributed by atoms with E-state index in [1.165, 1.54) is 0 Å². The van der Waals surface area contributed by atoms with Gasteiger partial charge in [0.25, 0.3) is 0 Å². The molecule has 108 valence electrons. The topological polar surface area (TPSA) is 37.8 Å². The predicted molar refractivity (Wildman–Crippen MR) is 69.3 cm³/mol. The third-order valence-corrected chi connectivity index (χ3v) is 2.53. The van der Waals surface area contributed by atoms with E-state index >= 15 is 0 Å². The first-order valence-corrected chi connectivity index (χ1v) is 6.31. The Morgan fingerprint density at radius 1 is 1.16 bits per heavy atom. The highest BCUT2D eigenvalue weighted by Gasteiger charge is 2.27. The van der Waals surface area contributed by atoms with Crippen LogP contribution in [0.15, 0.2) is 6.07 Å². The van der Waals surface area contributed by atoms with Crippen molar-refractivity contribution in [2.75, 3.05) is 11.9 Å². The summed E-state index contributed by atoms with van der Waals surface area (Å²) in [5, 5.41) is 3.03. The van der Waals surface area contributed by atoms with Crippen LogP contribution in [-0.2, 0) is 11.8 Å². The van der Waals surface area contributed by atoms with Crippen LogP contribution in [0.5, 0.6) is 0 Å². The fourth-order valence-corrected chi connectivity index (χ4v) is 1.52. The molecule has 0 bridgehead atoms. The molecule has 0 saturated heterocycles. The lowest BCUT2D eigenvalue weighted by atomic mass is 9.92. The lowest BCUT2D eigenvalue weighted by Gasteiger charge is -2.19. The summed E-state index contributed by atoms with van der Waals surface area (Å²) in [6, 6.07) is 1.79. The van der Waals surface area contributed by atoms with Gasteiger partial charge in [-0.3, -0.25) is 0 Å². The molecule has 0 aromatic carbocycles. The van der Waals surface area contributed by atoms with E-state index in [1.807, 2.05) is 27.7 Å². The van der Waals surface area contributed by atoms with Gasteiger partial charge in [0.05, 0.1) is 12.1 Å². The Morgan fingerprint density at radius 3 is 2.26 bits per heavy atom. The van der Waals surface area contributed by atoms with Crippen LogP contribution < -0.4 is 5.32 Å². The van der Waals surface area contributed by atoms with Gasteiger partial charge in [0.2, 0.25) is 0 Å². The van der Waals surface area contributed by atoms with E-state index in [9.17, 15) is 13.2 Å². The van der Waals surface area contributed by atoms with Crippen LogP contribution in [0.25, 0.3) is 0 Å². The van der Waals surface area contributed by atoms with Crippen molar-refractivity contribution in [2.45, 2.75) is 52.1 Å². The fourth-order valence-electron chi connectivity index (χ4n) is 1.52. The summed E-state index contributed by atoms with van der Waals surface area (Å²) >= 11 is 0. The first-order chi connectivity index (χ1) is 8.62. The molecule has 0 aliphatic heterocycles. The minimum atomic E-state index is -4.18. The Kier molecular flexibility index (Phi) is 4.76. The molecule has 0 aliphatic carbocycles. The normalized spacial score (nSPS) is 12.6. The number of rotatable bonds is 4. The van der Waals surface area contributed by atoms with Gasteiger partial charge in [0, 0.05) is 24.4 Å². The third kappa shape index (κ3) is 5.44. The van der Waals surface area contributed by atoms with Crippen LogP contribution in [0, 0.1) is 0 Å². The number of alkyl halides is 3. The molecular formula is C13H20F3N3. The van der Waals surface area contributed by atoms with E-state index in [-0.39, 0.29) is 17.7 Å². The number of aromatic nitrogens is 2. The number of hydrogen-bond acceptors (Lipinski definition) is 3. The summed E-state index contributed by atoms with van der Waals surface area (Å²) in [5.41, 5.74) is 0.524. The largest absolute Gasteiger partial charge is 0.389 e. The van der Waals surface area contributed by atoms with Crippen LogP contribution in [0.2, 0.25) is 0 Å². The van der Waals surface area contributed by atoms with Crippen molar-refractivity contribution in [3.05, 3.63) is 17.6 Å². The Morgan fingerprint density at radius 2 is 1.79 bits per heavy atom. The number of hydrogen-bond donors (Lipinski definition) is 1. The number of nitrogens with zero attached hydrogens (tertiary/aromatic N) is 2. The summed E-state index contributed by atoms with van der Waals surface area (Å²) in [6.45, 7) is 8.49. The first-order valence-electron chi connectivity index (χ1n) is 6.31. The second kappa shape index (κ2) is 5.75. The predicted octanol–water partition coefficient (Wildman–Crippen LogP) is 3.70. The fraction of sp³-hybridized carbons (Fsp3) is 0.692. The molecule has 1 rings (SSSR count). The van der Waals surface area contributed by atoms with Crippen molar-refractivity contribution >= 4 is 5.82 Å². The van der Waals surface area contributed by atoms with E-state index in [1.54, 1.807) is 6.07 Å². The van der Waals surface area contributed by atoms with E-state index in [2.05, 4.69) is 15.3 Å². The zero-order valence-electron chi connectivity index (χ0n) is 11.7. The minimum Gasteiger partial charge on any atom is -0.370 e. The highest BCUT2D eigenvalue weighted by Crippen LogP contribution is 2.25. The highest BCUT2D eigenvalue weighted by atomic mass is 19.4. The molecule has 1 aromatic rings. The summed E-state index contributed by atoms with van der Waals surface area (Å²) in [5.74, 6) is 0.820. The van der Waals surface area contributed by atoms with Crippen molar-refractivity contribution < 1.29 is 13.2 Å². The maximum atomic E-state index is 12.3. The second-order valence-corrected chi connectivity index (χ2v) is 5.45. The van der Waals surface area contributed by atoms with Crippen molar-refractivity contribution in [3.63, 3.8) is 0 Å². The molecule has 0 spiro atoms. The molecule has 1 heterocycles. The summed E-state index contributed by atoms with van der Waals surface area (Å²) in [4.78, 5) is 8.36. The molecule has 0 saturated carbocycles. The summed E-state index contributed by atoms with van der Waals surface area (Å²) in [6.07, 6.45) is -5.27. The maximum Gasteiger partial charge on any atom is 0.389 e. The molecule has 0 amide bonds. The van der Waals surface area contributed by atoms with Crippen LogP contribution >= 0.6 is 0 Å². The monoisotopic (exact) mass is 275 g/mol. The van der Waals surface area contributed by atoms with E-state index in [4.69, 9.17) is 0 Å². The van der Waals surface area contributed by atoms with Crippen LogP contribution in [0.1, 0.15) is 45.6 Å². The van der Waals surface area contributed by atoms with E-state index < -0.39 is 12.6 Å². The second-order valence-electron chi connectivity index (χ2n) is 5.45. The third-order valence-electron chi connectivity index (χ3n) is 2.53. The van der Waals surface area contributed by atoms with Gasteiger partial charge in [0.1, 0.15) is 11.6 Å². The minimum absolute atomic E-state index is 0.189. The number of aryl methyl sites for hydroxylation is 1. The highest BCUT2D eigenvalue weighted by molar-refractivity contribution is 5.37. The lowest BCUT2D eigenvalue weighted by Crippen LogP contribution is -2.18. The Balaban J connectivity index is 3.00. The molecule has 1 N–H and O–H groups in total. The van der Waals surface area contributed by atoms with Crippen molar-refractivity contribution in [1.82, 2.24) is 9.97 Å². The molecule has 0 fully saturated rings. The molecular weight excluding hydrogens is 255 g/mol. The zero-order valence-corrected chi connectivity index (χ0v) is 11.7. The van der Waals surface area contributed by atoms with Crippen molar-refractivity contribution in [3.8, 4) is 0 Å². The molecule has 6 heteroatoms. The van der Waals surface area contributed by atoms with Crippen LogP contribution in [0.3, 0.4) is 0 Å².